The molecular formula is C19H16Cl2N4O4. The van der Waals surface area contributed by atoms with Crippen molar-refractivity contribution in [2.24, 2.45) is 0 Å². The number of carbonyl (C=O) groups excluding carboxylic acids is 1. The van der Waals surface area contributed by atoms with E-state index < -0.39 is 11.9 Å². The van der Waals surface area contributed by atoms with Crippen LogP contribution in [0.15, 0.2) is 36.4 Å². The predicted octanol–water partition coefficient (Wildman–Crippen LogP) is 3.90. The summed E-state index contributed by atoms with van der Waals surface area (Å²) in [5.41, 5.74) is 1.65. The molecule has 150 valence electrons. The van der Waals surface area contributed by atoms with Gasteiger partial charge in [0.2, 0.25) is 0 Å². The second-order valence-electron chi connectivity index (χ2n) is 6.13. The highest BCUT2D eigenvalue weighted by Gasteiger charge is 2.19. The van der Waals surface area contributed by atoms with Gasteiger partial charge in [-0.05, 0) is 48.9 Å². The summed E-state index contributed by atoms with van der Waals surface area (Å²) in [6.45, 7) is 2.02. The average molecular weight is 435 g/mol. The van der Waals surface area contributed by atoms with Gasteiger partial charge in [0.25, 0.3) is 5.91 Å². The van der Waals surface area contributed by atoms with Gasteiger partial charge in [-0.2, -0.15) is 0 Å². The van der Waals surface area contributed by atoms with Crippen LogP contribution >= 0.6 is 23.2 Å². The molecule has 0 atom stereocenters. The van der Waals surface area contributed by atoms with E-state index in [1.54, 1.807) is 29.8 Å². The Morgan fingerprint density at radius 3 is 2.48 bits per heavy atom. The molecule has 2 N–H and O–H groups in total. The first kappa shape index (κ1) is 20.6. The fourth-order valence-electron chi connectivity index (χ4n) is 2.72. The number of ether oxygens (including phenoxy) is 1. The van der Waals surface area contributed by atoms with E-state index in [1.165, 1.54) is 25.3 Å². The summed E-state index contributed by atoms with van der Waals surface area (Å²) in [6, 6.07) is 9.28. The molecule has 3 aromatic rings. The zero-order valence-corrected chi connectivity index (χ0v) is 17.0. The van der Waals surface area contributed by atoms with E-state index in [4.69, 9.17) is 33.0 Å². The minimum Gasteiger partial charge on any atom is -0.495 e. The molecule has 1 heterocycles. The molecule has 10 heteroatoms. The van der Waals surface area contributed by atoms with Crippen molar-refractivity contribution in [3.8, 4) is 5.75 Å². The number of aromatic nitrogens is 3. The van der Waals surface area contributed by atoms with E-state index in [0.717, 1.165) is 5.56 Å². The molecule has 1 amide bonds. The highest BCUT2D eigenvalue weighted by atomic mass is 35.5. The molecule has 0 aliphatic rings. The van der Waals surface area contributed by atoms with Crippen LogP contribution in [0, 0.1) is 6.92 Å². The second kappa shape index (κ2) is 8.50. The highest BCUT2D eigenvalue weighted by molar-refractivity contribution is 6.34. The number of amides is 1. The van der Waals surface area contributed by atoms with E-state index in [2.05, 4.69) is 15.6 Å². The zero-order chi connectivity index (χ0) is 21.1. The molecule has 2 aromatic carbocycles. The fraction of sp³-hybridized carbons (Fsp3) is 0.158. The van der Waals surface area contributed by atoms with Crippen LogP contribution in [0.4, 0.5) is 5.69 Å². The molecular weight excluding hydrogens is 419 g/mol. The smallest absolute Gasteiger partial charge is 0.335 e. The third-order valence-corrected chi connectivity index (χ3v) is 4.58. The van der Waals surface area contributed by atoms with Crippen molar-refractivity contribution >= 4 is 40.8 Å². The molecule has 0 aliphatic carbocycles. The van der Waals surface area contributed by atoms with Crippen LogP contribution in [-0.4, -0.2) is 39.1 Å². The number of halogens is 2. The SMILES string of the molecule is COc1ccc(C(=O)O)cc1NC(=O)c1nnn(Cc2cc(Cl)cc(Cl)c2)c1C. The van der Waals surface area contributed by atoms with Crippen LogP contribution in [0.25, 0.3) is 0 Å². The van der Waals surface area contributed by atoms with Crippen LogP contribution < -0.4 is 10.1 Å². The number of nitrogens with one attached hydrogen (secondary N) is 1. The van der Waals surface area contributed by atoms with Crippen molar-refractivity contribution < 1.29 is 19.4 Å². The van der Waals surface area contributed by atoms with Crippen molar-refractivity contribution in [1.82, 2.24) is 15.0 Å². The average Bonchev–Trinajstić information content (AvgIpc) is 3.01. The Morgan fingerprint density at radius 2 is 1.86 bits per heavy atom. The maximum Gasteiger partial charge on any atom is 0.335 e. The highest BCUT2D eigenvalue weighted by Crippen LogP contribution is 2.26. The normalized spacial score (nSPS) is 10.6. The molecule has 0 aliphatic heterocycles. The van der Waals surface area contributed by atoms with E-state index in [1.807, 2.05) is 0 Å². The standard InChI is InChI=1S/C19H16Cl2N4O4/c1-10-17(23-24-25(10)9-11-5-13(20)8-14(21)6-11)18(26)22-15-7-12(19(27)28)3-4-16(15)29-2/h3-8H,9H2,1-2H3,(H,22,26)(H,27,28). The van der Waals surface area contributed by atoms with Crippen molar-refractivity contribution in [3.05, 3.63) is 69.0 Å². The summed E-state index contributed by atoms with van der Waals surface area (Å²) in [5, 5.41) is 20.7. The van der Waals surface area contributed by atoms with Gasteiger partial charge in [-0.15, -0.1) is 5.10 Å². The van der Waals surface area contributed by atoms with Gasteiger partial charge in [0, 0.05) is 10.0 Å². The summed E-state index contributed by atoms with van der Waals surface area (Å²) in [5.74, 6) is -1.34. The molecule has 29 heavy (non-hydrogen) atoms. The molecule has 0 fully saturated rings. The number of hydrogen-bond acceptors (Lipinski definition) is 5. The maximum absolute atomic E-state index is 12.7. The van der Waals surface area contributed by atoms with Crippen LogP contribution in [0.3, 0.4) is 0 Å². The number of aromatic carboxylic acids is 1. The molecule has 1 aromatic heterocycles. The first-order valence-corrected chi connectivity index (χ1v) is 9.12. The number of carboxylic acid groups (broad SMARTS) is 1. The molecule has 0 saturated carbocycles. The Bertz CT molecular complexity index is 1080. The number of benzene rings is 2. The Morgan fingerprint density at radius 1 is 1.17 bits per heavy atom. The lowest BCUT2D eigenvalue weighted by atomic mass is 10.2. The number of methoxy groups -OCH3 is 1. The molecule has 8 nitrogen and oxygen atoms in total. The van der Waals surface area contributed by atoms with Gasteiger partial charge in [-0.25, -0.2) is 9.48 Å². The van der Waals surface area contributed by atoms with Crippen LogP contribution in [-0.2, 0) is 6.54 Å². The summed E-state index contributed by atoms with van der Waals surface area (Å²) >= 11 is 12.0. The first-order chi connectivity index (χ1) is 13.8. The van der Waals surface area contributed by atoms with E-state index in [9.17, 15) is 9.59 Å². The molecule has 0 spiro atoms. The summed E-state index contributed by atoms with van der Waals surface area (Å²) < 4.78 is 6.72. The lowest BCUT2D eigenvalue weighted by molar-refractivity contribution is 0.0696. The largest absolute Gasteiger partial charge is 0.495 e. The summed E-state index contributed by atoms with van der Waals surface area (Å²) in [6.07, 6.45) is 0. The minimum absolute atomic E-state index is 0.0133. The van der Waals surface area contributed by atoms with Crippen LogP contribution in [0.5, 0.6) is 5.75 Å². The van der Waals surface area contributed by atoms with E-state index in [0.29, 0.717) is 28.0 Å². The van der Waals surface area contributed by atoms with Crippen molar-refractivity contribution in [1.29, 1.82) is 0 Å². The number of anilines is 1. The van der Waals surface area contributed by atoms with Crippen LogP contribution in [0.1, 0.15) is 32.1 Å². The monoisotopic (exact) mass is 434 g/mol. The molecule has 0 bridgehead atoms. The van der Waals surface area contributed by atoms with Gasteiger partial charge in [0.05, 0.1) is 30.6 Å². The van der Waals surface area contributed by atoms with Gasteiger partial charge in [-0.1, -0.05) is 28.4 Å². The number of nitrogens with zero attached hydrogens (tertiary/aromatic N) is 3. The van der Waals surface area contributed by atoms with E-state index >= 15 is 0 Å². The van der Waals surface area contributed by atoms with Gasteiger partial charge in [0.1, 0.15) is 5.75 Å². The Hall–Kier alpha value is -3.10. The molecule has 0 radical (unpaired) electrons. The first-order valence-electron chi connectivity index (χ1n) is 8.36. The zero-order valence-electron chi connectivity index (χ0n) is 15.4. The molecule has 0 unspecified atom stereocenters. The third-order valence-electron chi connectivity index (χ3n) is 4.15. The van der Waals surface area contributed by atoms with Gasteiger partial charge in [-0.3, -0.25) is 4.79 Å². The lowest BCUT2D eigenvalue weighted by Gasteiger charge is -2.10. The minimum atomic E-state index is -1.12. The lowest BCUT2D eigenvalue weighted by Crippen LogP contribution is -2.15. The maximum atomic E-state index is 12.7. The van der Waals surface area contributed by atoms with Crippen LogP contribution in [0.2, 0.25) is 10.0 Å². The topological polar surface area (TPSA) is 106 Å². The quantitative estimate of drug-likeness (QED) is 0.609. The van der Waals surface area contributed by atoms with Crippen molar-refractivity contribution in [2.45, 2.75) is 13.5 Å². The Kier molecular flexibility index (Phi) is 6.05. The third kappa shape index (κ3) is 4.67. The predicted molar refractivity (Wildman–Crippen MR) is 108 cm³/mol. The van der Waals surface area contributed by atoms with E-state index in [-0.39, 0.29) is 16.9 Å². The fourth-order valence-corrected chi connectivity index (χ4v) is 3.29. The Labute approximate surface area is 176 Å². The summed E-state index contributed by atoms with van der Waals surface area (Å²) in [7, 11) is 1.42. The Balaban J connectivity index is 1.84. The van der Waals surface area contributed by atoms with Gasteiger partial charge >= 0.3 is 5.97 Å². The number of rotatable bonds is 6. The molecule has 3 rings (SSSR count). The molecule has 0 saturated heterocycles. The second-order valence-corrected chi connectivity index (χ2v) is 7.01. The van der Waals surface area contributed by atoms with Crippen molar-refractivity contribution in [3.63, 3.8) is 0 Å². The number of hydrogen-bond donors (Lipinski definition) is 2. The van der Waals surface area contributed by atoms with Crippen molar-refractivity contribution in [2.75, 3.05) is 12.4 Å². The number of carbonyl (C=O) groups is 2. The number of carboxylic acids is 1. The van der Waals surface area contributed by atoms with Gasteiger partial charge in [0.15, 0.2) is 5.69 Å². The van der Waals surface area contributed by atoms with Gasteiger partial charge < -0.3 is 15.2 Å². The summed E-state index contributed by atoms with van der Waals surface area (Å²) in [4.78, 5) is 23.9.